The number of aryl methyl sites for hydroxylation is 2. The summed E-state index contributed by atoms with van der Waals surface area (Å²) in [7, 11) is 0. The number of rotatable bonds is 0. The van der Waals surface area contributed by atoms with Crippen molar-refractivity contribution in [3.05, 3.63) is 70.8 Å². The molecule has 1 heteroatoms. The van der Waals surface area contributed by atoms with Gasteiger partial charge < -0.3 is 5.32 Å². The van der Waals surface area contributed by atoms with Gasteiger partial charge >= 0.3 is 0 Å². The molecule has 4 atom stereocenters. The molecule has 4 unspecified atom stereocenters. The molecule has 1 fully saturated rings. The molecule has 1 aliphatic heterocycles. The average Bonchev–Trinajstić information content (AvgIpc) is 2.94. The molecule has 106 valence electrons. The van der Waals surface area contributed by atoms with Crippen LogP contribution >= 0.6 is 0 Å². The highest BCUT2D eigenvalue weighted by Gasteiger charge is 2.47. The van der Waals surface area contributed by atoms with E-state index in [1.54, 1.807) is 22.3 Å². The number of hydrogen-bond acceptors (Lipinski definition) is 1. The summed E-state index contributed by atoms with van der Waals surface area (Å²) in [4.78, 5) is 0. The Morgan fingerprint density at radius 1 is 0.667 bits per heavy atom. The molecule has 3 aliphatic rings. The molecule has 2 aromatic rings. The predicted octanol–water partition coefficient (Wildman–Crippen LogP) is 3.79. The summed E-state index contributed by atoms with van der Waals surface area (Å²) < 4.78 is 0. The Balaban J connectivity index is 1.67. The molecule has 21 heavy (non-hydrogen) atoms. The molecule has 0 spiro atoms. The highest BCUT2D eigenvalue weighted by molar-refractivity contribution is 5.45. The smallest absolute Gasteiger partial charge is 0.0148 e. The zero-order valence-electron chi connectivity index (χ0n) is 12.3. The lowest BCUT2D eigenvalue weighted by molar-refractivity contribution is 0.461. The molecule has 1 N–H and O–H groups in total. The third-order valence-electron chi connectivity index (χ3n) is 5.96. The largest absolute Gasteiger partial charge is 0.310 e. The minimum Gasteiger partial charge on any atom is -0.310 e. The Hall–Kier alpha value is -1.60. The first-order valence-electron chi connectivity index (χ1n) is 8.33. The Kier molecular flexibility index (Phi) is 2.54. The molecule has 0 aromatic heterocycles. The fourth-order valence-corrected chi connectivity index (χ4v) is 5.13. The zero-order valence-corrected chi connectivity index (χ0v) is 12.3. The molecule has 5 rings (SSSR count). The van der Waals surface area contributed by atoms with Crippen LogP contribution in [0.3, 0.4) is 0 Å². The SMILES string of the molecule is c1ccc2c(c1)CCC1NC3CCc4ccccc4C3C21. The number of fused-ring (bicyclic) bond motifs is 7. The summed E-state index contributed by atoms with van der Waals surface area (Å²) in [5, 5.41) is 3.98. The van der Waals surface area contributed by atoms with Crippen molar-refractivity contribution in [1.29, 1.82) is 0 Å². The van der Waals surface area contributed by atoms with Gasteiger partial charge in [0.1, 0.15) is 0 Å². The average molecular weight is 275 g/mol. The Labute approximate surface area is 126 Å². The van der Waals surface area contributed by atoms with Crippen molar-refractivity contribution in [3.63, 3.8) is 0 Å². The summed E-state index contributed by atoms with van der Waals surface area (Å²) in [6.07, 6.45) is 5.09. The van der Waals surface area contributed by atoms with Crippen LogP contribution in [0.2, 0.25) is 0 Å². The standard InChI is InChI=1S/C20H21N/c1-3-7-15-13(5-1)9-11-17-19(15)20-16-8-4-2-6-14(16)10-12-18(20)21-17/h1-8,17-21H,9-12H2. The van der Waals surface area contributed by atoms with Crippen LogP contribution in [0.5, 0.6) is 0 Å². The van der Waals surface area contributed by atoms with E-state index < -0.39 is 0 Å². The predicted molar refractivity (Wildman–Crippen MR) is 85.7 cm³/mol. The van der Waals surface area contributed by atoms with E-state index in [0.29, 0.717) is 23.9 Å². The van der Waals surface area contributed by atoms with E-state index in [0.717, 1.165) is 0 Å². The van der Waals surface area contributed by atoms with E-state index in [-0.39, 0.29) is 0 Å². The quantitative estimate of drug-likeness (QED) is 0.771. The summed E-state index contributed by atoms with van der Waals surface area (Å²) in [5.74, 6) is 1.36. The van der Waals surface area contributed by atoms with Gasteiger partial charge in [-0.05, 0) is 47.9 Å². The van der Waals surface area contributed by atoms with Crippen LogP contribution in [0.25, 0.3) is 0 Å². The minimum absolute atomic E-state index is 0.682. The Morgan fingerprint density at radius 2 is 1.14 bits per heavy atom. The van der Waals surface area contributed by atoms with Crippen molar-refractivity contribution in [3.8, 4) is 0 Å². The molecular formula is C20H21N. The summed E-state index contributed by atoms with van der Waals surface area (Å²) in [6.45, 7) is 0. The third kappa shape index (κ3) is 1.67. The molecular weight excluding hydrogens is 254 g/mol. The van der Waals surface area contributed by atoms with Gasteiger partial charge in [-0.2, -0.15) is 0 Å². The molecule has 0 amide bonds. The summed E-state index contributed by atoms with van der Waals surface area (Å²) >= 11 is 0. The van der Waals surface area contributed by atoms with Crippen LogP contribution in [0.1, 0.15) is 46.9 Å². The lowest BCUT2D eigenvalue weighted by Crippen LogP contribution is -2.34. The van der Waals surface area contributed by atoms with Crippen molar-refractivity contribution in [2.75, 3.05) is 0 Å². The van der Waals surface area contributed by atoms with Gasteiger partial charge in [0.05, 0.1) is 0 Å². The molecule has 1 heterocycles. The van der Waals surface area contributed by atoms with Crippen molar-refractivity contribution in [2.24, 2.45) is 0 Å². The van der Waals surface area contributed by atoms with Crippen LogP contribution in [-0.4, -0.2) is 12.1 Å². The number of nitrogens with one attached hydrogen (secondary N) is 1. The van der Waals surface area contributed by atoms with Gasteiger partial charge in [-0.15, -0.1) is 0 Å². The fraction of sp³-hybridized carbons (Fsp3) is 0.400. The monoisotopic (exact) mass is 275 g/mol. The zero-order chi connectivity index (χ0) is 13.8. The van der Waals surface area contributed by atoms with Crippen LogP contribution in [0.15, 0.2) is 48.5 Å². The van der Waals surface area contributed by atoms with Gasteiger partial charge in [0.15, 0.2) is 0 Å². The first-order chi connectivity index (χ1) is 10.4. The number of hydrogen-bond donors (Lipinski definition) is 1. The molecule has 1 saturated heterocycles. The van der Waals surface area contributed by atoms with Crippen LogP contribution in [0, 0.1) is 0 Å². The van der Waals surface area contributed by atoms with Gasteiger partial charge in [-0.1, -0.05) is 48.5 Å². The van der Waals surface area contributed by atoms with Gasteiger partial charge in [0.25, 0.3) is 0 Å². The lowest BCUT2D eigenvalue weighted by Gasteiger charge is -2.34. The Bertz CT molecular complexity index is 630. The van der Waals surface area contributed by atoms with E-state index in [4.69, 9.17) is 0 Å². The van der Waals surface area contributed by atoms with Gasteiger partial charge in [0.2, 0.25) is 0 Å². The maximum absolute atomic E-state index is 3.98. The van der Waals surface area contributed by atoms with E-state index in [1.165, 1.54) is 25.7 Å². The topological polar surface area (TPSA) is 12.0 Å². The van der Waals surface area contributed by atoms with E-state index in [9.17, 15) is 0 Å². The molecule has 2 aliphatic carbocycles. The van der Waals surface area contributed by atoms with Crippen molar-refractivity contribution < 1.29 is 0 Å². The summed E-state index contributed by atoms with van der Waals surface area (Å²) in [5.41, 5.74) is 6.41. The van der Waals surface area contributed by atoms with E-state index in [2.05, 4.69) is 53.8 Å². The van der Waals surface area contributed by atoms with Crippen LogP contribution in [0.4, 0.5) is 0 Å². The highest BCUT2D eigenvalue weighted by Crippen LogP contribution is 2.51. The van der Waals surface area contributed by atoms with E-state index in [1.807, 2.05) is 0 Å². The van der Waals surface area contributed by atoms with Crippen LogP contribution in [-0.2, 0) is 12.8 Å². The second-order valence-electron chi connectivity index (χ2n) is 6.91. The van der Waals surface area contributed by atoms with Crippen molar-refractivity contribution >= 4 is 0 Å². The molecule has 2 aromatic carbocycles. The molecule has 0 bridgehead atoms. The van der Waals surface area contributed by atoms with Crippen molar-refractivity contribution in [2.45, 2.75) is 49.6 Å². The maximum Gasteiger partial charge on any atom is 0.0148 e. The first-order valence-corrected chi connectivity index (χ1v) is 8.33. The molecule has 0 radical (unpaired) electrons. The maximum atomic E-state index is 3.98. The van der Waals surface area contributed by atoms with Gasteiger partial charge in [0, 0.05) is 23.9 Å². The van der Waals surface area contributed by atoms with Crippen LogP contribution < -0.4 is 5.32 Å². The lowest BCUT2D eigenvalue weighted by atomic mass is 9.68. The first kappa shape index (κ1) is 12.0. The highest BCUT2D eigenvalue weighted by atomic mass is 15.0. The second kappa shape index (κ2) is 4.45. The fourth-order valence-electron chi connectivity index (χ4n) is 5.13. The molecule has 1 nitrogen and oxygen atoms in total. The second-order valence-corrected chi connectivity index (χ2v) is 6.91. The minimum atomic E-state index is 0.682. The molecule has 0 saturated carbocycles. The van der Waals surface area contributed by atoms with Gasteiger partial charge in [-0.25, -0.2) is 0 Å². The van der Waals surface area contributed by atoms with E-state index >= 15 is 0 Å². The number of benzene rings is 2. The normalized spacial score (nSPS) is 32.8. The van der Waals surface area contributed by atoms with Gasteiger partial charge in [-0.3, -0.25) is 0 Å². The third-order valence-corrected chi connectivity index (χ3v) is 5.96. The Morgan fingerprint density at radius 3 is 1.67 bits per heavy atom. The summed E-state index contributed by atoms with van der Waals surface area (Å²) in [6, 6.07) is 19.7. The van der Waals surface area contributed by atoms with Crippen molar-refractivity contribution in [1.82, 2.24) is 5.32 Å².